The minimum absolute atomic E-state index is 0.0313. The van der Waals surface area contributed by atoms with Gasteiger partial charge in [0.2, 0.25) is 5.91 Å². The highest BCUT2D eigenvalue weighted by atomic mass is 16.1. The van der Waals surface area contributed by atoms with Crippen molar-refractivity contribution in [3.05, 3.63) is 0 Å². The molecule has 0 bridgehead atoms. The van der Waals surface area contributed by atoms with Crippen molar-refractivity contribution >= 4 is 5.91 Å². The SMILES string of the molecule is CC(=O)NC(C)C1(CN)CCNCC1. The van der Waals surface area contributed by atoms with Gasteiger partial charge >= 0.3 is 0 Å². The average Bonchev–Trinajstić information content (AvgIpc) is 2.18. The molecule has 1 unspecified atom stereocenters. The summed E-state index contributed by atoms with van der Waals surface area (Å²) in [6.45, 7) is 6.26. The summed E-state index contributed by atoms with van der Waals surface area (Å²) in [5.41, 5.74) is 5.93. The first-order valence-electron chi connectivity index (χ1n) is 5.28. The predicted molar refractivity (Wildman–Crippen MR) is 56.9 cm³/mol. The van der Waals surface area contributed by atoms with Crippen LogP contribution in [0.1, 0.15) is 26.7 Å². The summed E-state index contributed by atoms with van der Waals surface area (Å²) in [5.74, 6) is 0.0313. The van der Waals surface area contributed by atoms with Gasteiger partial charge in [-0.2, -0.15) is 0 Å². The van der Waals surface area contributed by atoms with Gasteiger partial charge in [-0.1, -0.05) is 0 Å². The first kappa shape index (κ1) is 11.5. The number of nitrogens with one attached hydrogen (secondary N) is 2. The van der Waals surface area contributed by atoms with Crippen LogP contribution >= 0.6 is 0 Å². The molecule has 1 rings (SSSR count). The van der Waals surface area contributed by atoms with Gasteiger partial charge in [0.1, 0.15) is 0 Å². The van der Waals surface area contributed by atoms with E-state index in [4.69, 9.17) is 5.73 Å². The molecular formula is C10H21N3O. The second kappa shape index (κ2) is 4.75. The normalized spacial score (nSPS) is 22.8. The van der Waals surface area contributed by atoms with E-state index >= 15 is 0 Å². The molecule has 1 atom stereocenters. The molecule has 0 aromatic carbocycles. The summed E-state index contributed by atoms with van der Waals surface area (Å²) < 4.78 is 0. The number of hydrogen-bond acceptors (Lipinski definition) is 3. The van der Waals surface area contributed by atoms with Crippen molar-refractivity contribution in [1.82, 2.24) is 10.6 Å². The highest BCUT2D eigenvalue weighted by Crippen LogP contribution is 2.31. The van der Waals surface area contributed by atoms with Crippen molar-refractivity contribution in [3.8, 4) is 0 Å². The number of piperidine rings is 1. The second-order valence-corrected chi connectivity index (χ2v) is 4.24. The zero-order valence-electron chi connectivity index (χ0n) is 9.10. The van der Waals surface area contributed by atoms with Crippen LogP contribution in [0, 0.1) is 5.41 Å². The van der Waals surface area contributed by atoms with Crippen molar-refractivity contribution in [2.45, 2.75) is 32.7 Å². The van der Waals surface area contributed by atoms with Gasteiger partial charge in [0.15, 0.2) is 0 Å². The van der Waals surface area contributed by atoms with Crippen LogP contribution in [0.2, 0.25) is 0 Å². The van der Waals surface area contributed by atoms with Gasteiger partial charge in [0.25, 0.3) is 0 Å². The molecule has 82 valence electrons. The Hall–Kier alpha value is -0.610. The van der Waals surface area contributed by atoms with E-state index < -0.39 is 0 Å². The summed E-state index contributed by atoms with van der Waals surface area (Å²) in [4.78, 5) is 11.0. The maximum absolute atomic E-state index is 11.0. The molecule has 4 N–H and O–H groups in total. The van der Waals surface area contributed by atoms with E-state index in [0.29, 0.717) is 6.54 Å². The highest BCUT2D eigenvalue weighted by Gasteiger charge is 2.36. The van der Waals surface area contributed by atoms with Crippen LogP contribution in [-0.4, -0.2) is 31.6 Å². The number of carbonyl (C=O) groups excluding carboxylic acids is 1. The second-order valence-electron chi connectivity index (χ2n) is 4.24. The van der Waals surface area contributed by atoms with E-state index in [2.05, 4.69) is 17.6 Å². The first-order valence-corrected chi connectivity index (χ1v) is 5.28. The van der Waals surface area contributed by atoms with Crippen LogP contribution in [0.3, 0.4) is 0 Å². The van der Waals surface area contributed by atoms with Crippen molar-refractivity contribution in [1.29, 1.82) is 0 Å². The maximum atomic E-state index is 11.0. The number of carbonyl (C=O) groups is 1. The quantitative estimate of drug-likeness (QED) is 0.591. The van der Waals surface area contributed by atoms with Crippen LogP contribution in [0.4, 0.5) is 0 Å². The third-order valence-electron chi connectivity index (χ3n) is 3.34. The number of amides is 1. The molecule has 1 amide bonds. The van der Waals surface area contributed by atoms with Crippen LogP contribution in [0.5, 0.6) is 0 Å². The fourth-order valence-electron chi connectivity index (χ4n) is 2.20. The zero-order chi connectivity index (χ0) is 10.6. The topological polar surface area (TPSA) is 67.2 Å². The minimum Gasteiger partial charge on any atom is -0.353 e. The van der Waals surface area contributed by atoms with Crippen LogP contribution in [-0.2, 0) is 4.79 Å². The largest absolute Gasteiger partial charge is 0.353 e. The van der Waals surface area contributed by atoms with Crippen molar-refractivity contribution in [2.24, 2.45) is 11.1 Å². The summed E-state index contributed by atoms with van der Waals surface area (Å²) in [5, 5.41) is 6.27. The molecular weight excluding hydrogens is 178 g/mol. The van der Waals surface area contributed by atoms with Crippen LogP contribution in [0.25, 0.3) is 0 Å². The lowest BCUT2D eigenvalue weighted by molar-refractivity contribution is -0.120. The molecule has 0 aromatic heterocycles. The zero-order valence-corrected chi connectivity index (χ0v) is 9.10. The molecule has 0 radical (unpaired) electrons. The Morgan fingerprint density at radius 2 is 2.14 bits per heavy atom. The molecule has 1 saturated heterocycles. The molecule has 0 saturated carbocycles. The van der Waals surface area contributed by atoms with Gasteiger partial charge < -0.3 is 16.4 Å². The van der Waals surface area contributed by atoms with Gasteiger partial charge in [-0.15, -0.1) is 0 Å². The molecule has 4 nitrogen and oxygen atoms in total. The van der Waals surface area contributed by atoms with Gasteiger partial charge in [0.05, 0.1) is 0 Å². The third kappa shape index (κ3) is 2.45. The Kier molecular flexibility index (Phi) is 3.89. The Morgan fingerprint density at radius 3 is 2.57 bits per heavy atom. The lowest BCUT2D eigenvalue weighted by Crippen LogP contribution is -2.54. The van der Waals surface area contributed by atoms with E-state index in [1.165, 1.54) is 0 Å². The molecule has 1 fully saturated rings. The molecule has 1 aliphatic heterocycles. The molecule has 0 aliphatic carbocycles. The van der Waals surface area contributed by atoms with Crippen molar-refractivity contribution in [2.75, 3.05) is 19.6 Å². The predicted octanol–water partition coefficient (Wildman–Crippen LogP) is -0.160. The summed E-state index contributed by atoms with van der Waals surface area (Å²) in [7, 11) is 0. The smallest absolute Gasteiger partial charge is 0.217 e. The first-order chi connectivity index (χ1) is 6.60. The van der Waals surface area contributed by atoms with E-state index in [9.17, 15) is 4.79 Å². The fraction of sp³-hybridized carbons (Fsp3) is 0.900. The monoisotopic (exact) mass is 199 g/mol. The molecule has 0 spiro atoms. The number of hydrogen-bond donors (Lipinski definition) is 3. The van der Waals surface area contributed by atoms with E-state index in [1.807, 2.05) is 0 Å². The lowest BCUT2D eigenvalue weighted by Gasteiger charge is -2.41. The Morgan fingerprint density at radius 1 is 1.57 bits per heavy atom. The van der Waals surface area contributed by atoms with Gasteiger partial charge in [-0.25, -0.2) is 0 Å². The molecule has 4 heteroatoms. The fourth-order valence-corrected chi connectivity index (χ4v) is 2.20. The molecule has 0 aromatic rings. The number of nitrogens with two attached hydrogens (primary N) is 1. The average molecular weight is 199 g/mol. The standard InChI is InChI=1S/C10H21N3O/c1-8(13-9(2)14)10(7-11)3-5-12-6-4-10/h8,12H,3-7,11H2,1-2H3,(H,13,14). The van der Waals surface area contributed by atoms with E-state index in [1.54, 1.807) is 6.92 Å². The third-order valence-corrected chi connectivity index (χ3v) is 3.34. The Bertz CT molecular complexity index is 200. The molecule has 14 heavy (non-hydrogen) atoms. The lowest BCUT2D eigenvalue weighted by atomic mass is 9.73. The highest BCUT2D eigenvalue weighted by molar-refractivity contribution is 5.73. The van der Waals surface area contributed by atoms with Gasteiger partial charge in [0, 0.05) is 18.4 Å². The summed E-state index contributed by atoms with van der Waals surface area (Å²) in [6.07, 6.45) is 2.09. The van der Waals surface area contributed by atoms with E-state index in [0.717, 1.165) is 25.9 Å². The van der Waals surface area contributed by atoms with E-state index in [-0.39, 0.29) is 17.4 Å². The maximum Gasteiger partial charge on any atom is 0.217 e. The molecule has 1 heterocycles. The van der Waals surface area contributed by atoms with Crippen LogP contribution < -0.4 is 16.4 Å². The van der Waals surface area contributed by atoms with Crippen LogP contribution in [0.15, 0.2) is 0 Å². The van der Waals surface area contributed by atoms with Gasteiger partial charge in [-0.3, -0.25) is 4.79 Å². The van der Waals surface area contributed by atoms with Gasteiger partial charge in [-0.05, 0) is 39.4 Å². The van der Waals surface area contributed by atoms with Crippen molar-refractivity contribution in [3.63, 3.8) is 0 Å². The summed E-state index contributed by atoms with van der Waals surface area (Å²) in [6, 6.07) is 0.173. The number of rotatable bonds is 3. The summed E-state index contributed by atoms with van der Waals surface area (Å²) >= 11 is 0. The van der Waals surface area contributed by atoms with Crippen molar-refractivity contribution < 1.29 is 4.79 Å². The minimum atomic E-state index is 0.0313. The Balaban J connectivity index is 2.61. The Labute approximate surface area is 85.6 Å². The molecule has 1 aliphatic rings.